The molecular weight excluding hydrogens is 448 g/mol. The molecule has 2 atom stereocenters. The summed E-state index contributed by atoms with van der Waals surface area (Å²) in [5.74, 6) is 0.400. The van der Waals surface area contributed by atoms with Gasteiger partial charge in [0.05, 0.1) is 19.4 Å². The van der Waals surface area contributed by atoms with Crippen LogP contribution in [0.3, 0.4) is 0 Å². The monoisotopic (exact) mass is 480 g/mol. The van der Waals surface area contributed by atoms with Crippen molar-refractivity contribution in [1.29, 1.82) is 0 Å². The summed E-state index contributed by atoms with van der Waals surface area (Å²) in [6.45, 7) is 6.38. The number of rotatable bonds is 7. The Balaban J connectivity index is 1.51. The number of carboxylic acids is 1. The van der Waals surface area contributed by atoms with Crippen molar-refractivity contribution in [2.75, 3.05) is 26.8 Å². The molecule has 1 aromatic heterocycles. The molecule has 0 bridgehead atoms. The highest BCUT2D eigenvalue weighted by Crippen LogP contribution is 2.59. The highest BCUT2D eigenvalue weighted by Gasteiger charge is 2.47. The zero-order valence-corrected chi connectivity index (χ0v) is 20.5. The van der Waals surface area contributed by atoms with Gasteiger partial charge in [-0.25, -0.2) is 4.79 Å². The van der Waals surface area contributed by atoms with Crippen molar-refractivity contribution in [3.05, 3.63) is 45.7 Å². The van der Waals surface area contributed by atoms with Crippen LogP contribution in [0.15, 0.2) is 29.2 Å². The van der Waals surface area contributed by atoms with Crippen molar-refractivity contribution in [2.24, 2.45) is 5.41 Å². The first kappa shape index (κ1) is 23.5. The first-order valence-corrected chi connectivity index (χ1v) is 12.3. The Morgan fingerprint density at radius 1 is 1.20 bits per heavy atom. The summed E-state index contributed by atoms with van der Waals surface area (Å²) in [5.41, 5.74) is 1.93. The van der Waals surface area contributed by atoms with Crippen molar-refractivity contribution in [1.82, 2.24) is 9.47 Å². The van der Waals surface area contributed by atoms with Crippen LogP contribution in [0.4, 0.5) is 0 Å². The van der Waals surface area contributed by atoms with Gasteiger partial charge < -0.3 is 24.0 Å². The number of fused-ring (bicyclic) bond motifs is 6. The highest BCUT2D eigenvalue weighted by molar-refractivity contribution is 5.88. The van der Waals surface area contributed by atoms with Crippen molar-refractivity contribution < 1.29 is 24.2 Å². The summed E-state index contributed by atoms with van der Waals surface area (Å²) in [7, 11) is 1.59. The molecule has 0 radical (unpaired) electrons. The van der Waals surface area contributed by atoms with E-state index in [1.807, 2.05) is 21.6 Å². The third kappa shape index (κ3) is 3.98. The fraction of sp³-hybridized carbons (Fsp3) is 0.519. The minimum Gasteiger partial charge on any atom is -0.493 e. The Morgan fingerprint density at radius 2 is 2.00 bits per heavy atom. The minimum atomic E-state index is -1.21. The van der Waals surface area contributed by atoms with Crippen LogP contribution in [-0.4, -0.2) is 53.3 Å². The highest BCUT2D eigenvalue weighted by atomic mass is 16.5. The number of aromatic nitrogens is 1. The molecule has 2 aromatic rings. The number of nitrogens with zero attached hydrogens (tertiary/aromatic N) is 2. The number of carboxylic acid groups (broad SMARTS) is 1. The lowest BCUT2D eigenvalue weighted by molar-refractivity contribution is -0.127. The van der Waals surface area contributed by atoms with E-state index in [9.17, 15) is 19.5 Å². The second-order valence-electron chi connectivity index (χ2n) is 10.5. The number of likely N-dealkylation sites (tertiary alicyclic amines) is 1. The molecule has 3 heterocycles. The fourth-order valence-electron chi connectivity index (χ4n) is 6.18. The Hall–Kier alpha value is -3.29. The van der Waals surface area contributed by atoms with Crippen LogP contribution < -0.4 is 14.9 Å². The predicted molar refractivity (Wildman–Crippen MR) is 130 cm³/mol. The summed E-state index contributed by atoms with van der Waals surface area (Å²) in [6.07, 6.45) is 5.77. The van der Waals surface area contributed by atoms with Crippen LogP contribution in [0, 0.1) is 5.41 Å². The third-order valence-corrected chi connectivity index (χ3v) is 7.90. The van der Waals surface area contributed by atoms with E-state index >= 15 is 0 Å². The number of pyridine rings is 1. The van der Waals surface area contributed by atoms with E-state index in [0.717, 1.165) is 43.4 Å². The van der Waals surface area contributed by atoms with Gasteiger partial charge in [-0.3, -0.25) is 9.59 Å². The van der Waals surface area contributed by atoms with Gasteiger partial charge in [0.1, 0.15) is 5.56 Å². The summed E-state index contributed by atoms with van der Waals surface area (Å²) in [5, 5.41) is 9.57. The van der Waals surface area contributed by atoms with E-state index < -0.39 is 11.4 Å². The quantitative estimate of drug-likeness (QED) is 0.600. The van der Waals surface area contributed by atoms with Gasteiger partial charge in [-0.1, -0.05) is 13.8 Å². The Bertz CT molecular complexity index is 1250. The van der Waals surface area contributed by atoms with Gasteiger partial charge in [0.15, 0.2) is 16.9 Å². The number of carbonyl (C=O) groups excluding carboxylic acids is 1. The first-order chi connectivity index (χ1) is 16.7. The molecule has 0 spiro atoms. The number of benzene rings is 1. The van der Waals surface area contributed by atoms with Gasteiger partial charge in [-0.15, -0.1) is 0 Å². The van der Waals surface area contributed by atoms with Gasteiger partial charge in [-0.2, -0.15) is 0 Å². The summed E-state index contributed by atoms with van der Waals surface area (Å²) in [6, 6.07) is 5.42. The topological polar surface area (TPSA) is 98.1 Å². The lowest BCUT2D eigenvalue weighted by Gasteiger charge is -2.40. The molecule has 1 amide bonds. The molecule has 2 aliphatic heterocycles. The maximum absolute atomic E-state index is 12.6. The number of methoxy groups -OCH3 is 1. The predicted octanol–water partition coefficient (Wildman–Crippen LogP) is 4.07. The number of amides is 1. The molecule has 1 saturated carbocycles. The molecule has 3 aliphatic rings. The molecule has 1 N–H and O–H groups in total. The van der Waals surface area contributed by atoms with Crippen LogP contribution in [0.1, 0.15) is 73.8 Å². The van der Waals surface area contributed by atoms with Crippen molar-refractivity contribution >= 4 is 11.9 Å². The largest absolute Gasteiger partial charge is 0.493 e. The Kier molecular flexibility index (Phi) is 5.85. The summed E-state index contributed by atoms with van der Waals surface area (Å²) in [4.78, 5) is 38.1. The van der Waals surface area contributed by atoms with Crippen molar-refractivity contribution in [2.45, 2.75) is 57.9 Å². The van der Waals surface area contributed by atoms with Gasteiger partial charge >= 0.3 is 5.97 Å². The van der Waals surface area contributed by atoms with Gasteiger partial charge in [-0.05, 0) is 48.8 Å². The van der Waals surface area contributed by atoms with E-state index in [1.165, 1.54) is 12.3 Å². The smallest absolute Gasteiger partial charge is 0.341 e. The zero-order valence-electron chi connectivity index (χ0n) is 20.5. The Morgan fingerprint density at radius 3 is 2.69 bits per heavy atom. The van der Waals surface area contributed by atoms with E-state index in [0.29, 0.717) is 36.8 Å². The van der Waals surface area contributed by atoms with Crippen LogP contribution in [-0.2, 0) is 4.79 Å². The van der Waals surface area contributed by atoms with E-state index in [4.69, 9.17) is 9.47 Å². The molecule has 1 saturated heterocycles. The van der Waals surface area contributed by atoms with E-state index in [2.05, 4.69) is 13.8 Å². The summed E-state index contributed by atoms with van der Waals surface area (Å²) < 4.78 is 13.8. The molecule has 35 heavy (non-hydrogen) atoms. The molecule has 1 aromatic carbocycles. The summed E-state index contributed by atoms with van der Waals surface area (Å²) >= 11 is 0. The van der Waals surface area contributed by atoms with Crippen LogP contribution in [0.25, 0.3) is 11.3 Å². The lowest BCUT2D eigenvalue weighted by atomic mass is 9.77. The average Bonchev–Trinajstić information content (AvgIpc) is 3.37. The van der Waals surface area contributed by atoms with Gasteiger partial charge in [0.2, 0.25) is 5.91 Å². The number of hydrogen-bond donors (Lipinski definition) is 1. The SMILES string of the molecule is COc1cc2c(cc1OCCCN1CCCC1=O)[C@@H]1CCC(C)(C)[C@@H]1n1cc(C(=O)O)c(=O)cc1-2. The van der Waals surface area contributed by atoms with Gasteiger partial charge in [0.25, 0.3) is 0 Å². The van der Waals surface area contributed by atoms with Crippen molar-refractivity contribution in [3.63, 3.8) is 0 Å². The minimum absolute atomic E-state index is 0.0334. The average molecular weight is 481 g/mol. The molecule has 8 heteroatoms. The maximum Gasteiger partial charge on any atom is 0.341 e. The van der Waals surface area contributed by atoms with E-state index in [-0.39, 0.29) is 28.8 Å². The first-order valence-electron chi connectivity index (χ1n) is 12.3. The molecular formula is C27H32N2O6. The van der Waals surface area contributed by atoms with Crippen molar-refractivity contribution in [3.8, 4) is 22.8 Å². The fourth-order valence-corrected chi connectivity index (χ4v) is 6.18. The molecule has 8 nitrogen and oxygen atoms in total. The van der Waals surface area contributed by atoms with Crippen LogP contribution >= 0.6 is 0 Å². The normalized spacial score (nSPS) is 21.9. The third-order valence-electron chi connectivity index (χ3n) is 7.90. The van der Waals surface area contributed by atoms with Crippen LogP contribution in [0.2, 0.25) is 0 Å². The zero-order chi connectivity index (χ0) is 24.9. The standard InChI is InChI=1S/C27H32N2O6/c1-27(2)8-7-16-17-12-23(35-11-5-10-28-9-4-6-24(28)31)22(34-3)13-18(17)20-14-21(30)19(26(32)33)15-29(20)25(16)27/h12-16,25H,4-11H2,1-3H3,(H,32,33)/t16-,25+/m0/s1. The second kappa shape index (κ2) is 8.73. The second-order valence-corrected chi connectivity index (χ2v) is 10.5. The van der Waals surface area contributed by atoms with Gasteiger partial charge in [0, 0.05) is 49.3 Å². The lowest BCUT2D eigenvalue weighted by Crippen LogP contribution is -2.32. The number of hydrogen-bond acceptors (Lipinski definition) is 5. The van der Waals surface area contributed by atoms with Crippen LogP contribution in [0.5, 0.6) is 11.5 Å². The molecule has 5 rings (SSSR count). The molecule has 186 valence electrons. The number of carbonyl (C=O) groups is 2. The molecule has 0 unspecified atom stereocenters. The number of aromatic carboxylic acids is 1. The van der Waals surface area contributed by atoms with E-state index in [1.54, 1.807) is 7.11 Å². The maximum atomic E-state index is 12.6. The molecule has 1 aliphatic carbocycles. The molecule has 2 fully saturated rings. The number of ether oxygens (including phenoxy) is 2. The Labute approximate surface area is 204 Å².